The first-order chi connectivity index (χ1) is 7.00. The van der Waals surface area contributed by atoms with E-state index < -0.39 is 0 Å². The average molecular weight is 228 g/mol. The van der Waals surface area contributed by atoms with Gasteiger partial charge in [0.15, 0.2) is 0 Å². The van der Waals surface area contributed by atoms with Gasteiger partial charge in [0.25, 0.3) is 0 Å². The first kappa shape index (κ1) is 12.0. The molecule has 0 radical (unpaired) electrons. The molecule has 0 bridgehead atoms. The van der Waals surface area contributed by atoms with Crippen LogP contribution in [0.1, 0.15) is 18.0 Å². The van der Waals surface area contributed by atoms with Gasteiger partial charge >= 0.3 is 0 Å². The molecule has 0 spiro atoms. The van der Waals surface area contributed by atoms with E-state index in [1.807, 2.05) is 0 Å². The van der Waals surface area contributed by atoms with Gasteiger partial charge in [0, 0.05) is 24.5 Å². The minimum absolute atomic E-state index is 0.189. The van der Waals surface area contributed by atoms with Crippen LogP contribution in [-0.4, -0.2) is 18.0 Å². The first-order valence-electron chi connectivity index (χ1n) is 4.53. The monoisotopic (exact) mass is 227 g/mol. The largest absolute Gasteiger partial charge is 0.324 e. The average Bonchev–Trinajstić information content (AvgIpc) is 2.18. The molecule has 0 aliphatic heterocycles. The Morgan fingerprint density at radius 3 is 2.47 bits per heavy atom. The highest BCUT2D eigenvalue weighted by Gasteiger charge is 2.13. The molecule has 0 saturated heterocycles. The molecule has 82 valence electrons. The molecule has 0 aliphatic rings. The van der Waals surface area contributed by atoms with Crippen LogP contribution in [0.15, 0.2) is 24.3 Å². The van der Waals surface area contributed by atoms with Crippen molar-refractivity contribution >= 4 is 17.5 Å². The van der Waals surface area contributed by atoms with Crippen LogP contribution in [0.3, 0.4) is 0 Å². The number of nitrogens with two attached hydrogens (primary N) is 2. The van der Waals surface area contributed by atoms with Crippen molar-refractivity contribution in [3.63, 3.8) is 0 Å². The quantitative estimate of drug-likeness (QED) is 0.461. The van der Waals surface area contributed by atoms with E-state index in [0.717, 1.165) is 10.6 Å². The van der Waals surface area contributed by atoms with Crippen LogP contribution in [-0.2, 0) is 4.79 Å². The summed E-state index contributed by atoms with van der Waals surface area (Å²) in [5, 5.41) is 1.68. The molecular formula is C10H14ClN3O. The van der Waals surface area contributed by atoms with Gasteiger partial charge in [-0.25, -0.2) is 5.84 Å². The number of carbonyl (C=O) groups excluding carboxylic acids is 1. The number of carbonyl (C=O) groups is 1. The second-order valence-corrected chi connectivity index (χ2v) is 3.80. The molecule has 5 heteroatoms. The normalized spacial score (nSPS) is 12.3. The number of hydrogen-bond acceptors (Lipinski definition) is 3. The summed E-state index contributed by atoms with van der Waals surface area (Å²) in [5.41, 5.74) is 6.71. The summed E-state index contributed by atoms with van der Waals surface area (Å²) in [4.78, 5) is 11.3. The molecule has 0 aromatic heterocycles. The van der Waals surface area contributed by atoms with Crippen molar-refractivity contribution in [2.75, 3.05) is 7.05 Å². The van der Waals surface area contributed by atoms with E-state index in [1.165, 1.54) is 7.05 Å². The molecular weight excluding hydrogens is 214 g/mol. The molecule has 1 aromatic carbocycles. The summed E-state index contributed by atoms with van der Waals surface area (Å²) in [6.07, 6.45) is 0.189. The van der Waals surface area contributed by atoms with E-state index in [-0.39, 0.29) is 18.4 Å². The fourth-order valence-corrected chi connectivity index (χ4v) is 1.29. The first-order valence-corrected chi connectivity index (χ1v) is 4.91. The van der Waals surface area contributed by atoms with E-state index in [2.05, 4.69) is 0 Å². The van der Waals surface area contributed by atoms with E-state index in [0.29, 0.717) is 5.02 Å². The summed E-state index contributed by atoms with van der Waals surface area (Å²) < 4.78 is 0. The van der Waals surface area contributed by atoms with Crippen molar-refractivity contribution in [3.05, 3.63) is 34.9 Å². The second kappa shape index (κ2) is 5.11. The summed E-state index contributed by atoms with van der Waals surface area (Å²) in [5.74, 6) is 5.10. The lowest BCUT2D eigenvalue weighted by Crippen LogP contribution is -2.35. The van der Waals surface area contributed by atoms with Crippen molar-refractivity contribution < 1.29 is 4.79 Å². The molecule has 1 rings (SSSR count). The molecule has 1 unspecified atom stereocenters. The number of amides is 1. The Balaban J connectivity index is 2.65. The van der Waals surface area contributed by atoms with Crippen LogP contribution in [0.25, 0.3) is 0 Å². The third-order valence-corrected chi connectivity index (χ3v) is 2.34. The standard InChI is InChI=1S/C10H14ClN3O/c1-14(13)10(15)6-9(12)7-2-4-8(11)5-3-7/h2-5,9H,6,12-13H2,1H3. The zero-order valence-corrected chi connectivity index (χ0v) is 9.24. The Labute approximate surface area is 93.8 Å². The van der Waals surface area contributed by atoms with E-state index in [9.17, 15) is 4.79 Å². The lowest BCUT2D eigenvalue weighted by Gasteiger charge is -2.15. The highest BCUT2D eigenvalue weighted by atomic mass is 35.5. The number of halogens is 1. The highest BCUT2D eigenvalue weighted by molar-refractivity contribution is 6.30. The molecule has 0 fully saturated rings. The fourth-order valence-electron chi connectivity index (χ4n) is 1.16. The van der Waals surface area contributed by atoms with Crippen molar-refractivity contribution in [1.82, 2.24) is 5.01 Å². The lowest BCUT2D eigenvalue weighted by molar-refractivity contribution is -0.130. The zero-order valence-electron chi connectivity index (χ0n) is 8.48. The van der Waals surface area contributed by atoms with Crippen LogP contribution in [0, 0.1) is 0 Å². The minimum Gasteiger partial charge on any atom is -0.324 e. The SMILES string of the molecule is CN(N)C(=O)CC(N)c1ccc(Cl)cc1. The summed E-state index contributed by atoms with van der Waals surface area (Å²) >= 11 is 5.74. The summed E-state index contributed by atoms with van der Waals surface area (Å²) in [7, 11) is 1.50. The van der Waals surface area contributed by atoms with Crippen LogP contribution >= 0.6 is 11.6 Å². The van der Waals surface area contributed by atoms with Crippen LogP contribution < -0.4 is 11.6 Å². The van der Waals surface area contributed by atoms with Gasteiger partial charge in [-0.15, -0.1) is 0 Å². The molecule has 1 amide bonds. The number of hydrazine groups is 1. The lowest BCUT2D eigenvalue weighted by atomic mass is 10.0. The number of benzene rings is 1. The molecule has 4 nitrogen and oxygen atoms in total. The summed E-state index contributed by atoms with van der Waals surface area (Å²) in [6, 6.07) is 6.75. The smallest absolute Gasteiger partial charge is 0.238 e. The van der Waals surface area contributed by atoms with Gasteiger partial charge in [0.05, 0.1) is 0 Å². The number of nitrogens with zero attached hydrogens (tertiary/aromatic N) is 1. The number of hydrogen-bond donors (Lipinski definition) is 2. The second-order valence-electron chi connectivity index (χ2n) is 3.37. The van der Waals surface area contributed by atoms with Gasteiger partial charge < -0.3 is 5.73 Å². The molecule has 15 heavy (non-hydrogen) atoms. The molecule has 0 aliphatic carbocycles. The Morgan fingerprint density at radius 2 is 2.00 bits per heavy atom. The highest BCUT2D eigenvalue weighted by Crippen LogP contribution is 2.17. The van der Waals surface area contributed by atoms with Gasteiger partial charge in [0.2, 0.25) is 5.91 Å². The predicted octanol–water partition coefficient (Wildman–Crippen LogP) is 1.06. The number of rotatable bonds is 3. The Bertz CT molecular complexity index is 337. The maximum atomic E-state index is 11.3. The Morgan fingerprint density at radius 1 is 1.47 bits per heavy atom. The summed E-state index contributed by atoms with van der Waals surface area (Å²) in [6.45, 7) is 0. The maximum Gasteiger partial charge on any atom is 0.238 e. The van der Waals surface area contributed by atoms with Gasteiger partial charge in [-0.3, -0.25) is 9.80 Å². The zero-order chi connectivity index (χ0) is 11.4. The predicted molar refractivity (Wildman–Crippen MR) is 60.0 cm³/mol. The maximum absolute atomic E-state index is 11.3. The minimum atomic E-state index is -0.347. The van der Waals surface area contributed by atoms with Gasteiger partial charge in [-0.1, -0.05) is 23.7 Å². The topological polar surface area (TPSA) is 72.3 Å². The fraction of sp³-hybridized carbons (Fsp3) is 0.300. The van der Waals surface area contributed by atoms with Crippen molar-refractivity contribution in [1.29, 1.82) is 0 Å². The van der Waals surface area contributed by atoms with E-state index >= 15 is 0 Å². The van der Waals surface area contributed by atoms with E-state index in [1.54, 1.807) is 24.3 Å². The third-order valence-electron chi connectivity index (χ3n) is 2.09. The van der Waals surface area contributed by atoms with E-state index in [4.69, 9.17) is 23.2 Å². The molecule has 4 N–H and O–H groups in total. The third kappa shape index (κ3) is 3.51. The van der Waals surface area contributed by atoms with Crippen LogP contribution in [0.5, 0.6) is 0 Å². The van der Waals surface area contributed by atoms with Gasteiger partial charge in [-0.2, -0.15) is 0 Å². The van der Waals surface area contributed by atoms with Crippen molar-refractivity contribution in [2.45, 2.75) is 12.5 Å². The van der Waals surface area contributed by atoms with Crippen LogP contribution in [0.4, 0.5) is 0 Å². The van der Waals surface area contributed by atoms with Crippen LogP contribution in [0.2, 0.25) is 5.02 Å². The van der Waals surface area contributed by atoms with Crippen molar-refractivity contribution in [3.8, 4) is 0 Å². The Kier molecular flexibility index (Phi) is 4.08. The molecule has 1 atom stereocenters. The van der Waals surface area contributed by atoms with Crippen molar-refractivity contribution in [2.24, 2.45) is 11.6 Å². The molecule has 1 aromatic rings. The molecule has 0 saturated carbocycles. The van der Waals surface area contributed by atoms with Gasteiger partial charge in [0.1, 0.15) is 0 Å². The molecule has 0 heterocycles. The Hall–Kier alpha value is -1.10. The van der Waals surface area contributed by atoms with Gasteiger partial charge in [-0.05, 0) is 17.7 Å².